The number of anilines is 1. The van der Waals surface area contributed by atoms with Gasteiger partial charge in [-0.2, -0.15) is 0 Å². The van der Waals surface area contributed by atoms with Crippen LogP contribution >= 0.6 is 22.9 Å². The molecule has 0 aliphatic heterocycles. The van der Waals surface area contributed by atoms with Crippen molar-refractivity contribution in [3.8, 4) is 16.9 Å². The summed E-state index contributed by atoms with van der Waals surface area (Å²) in [6.45, 7) is 0.0522. The number of benzene rings is 2. The fraction of sp³-hybridized carbons (Fsp3) is 0.323. The molecule has 15 heteroatoms. The van der Waals surface area contributed by atoms with Crippen LogP contribution in [-0.2, 0) is 16.6 Å². The van der Waals surface area contributed by atoms with Crippen LogP contribution in [0, 0.1) is 11.6 Å². The Labute approximate surface area is 273 Å². The summed E-state index contributed by atoms with van der Waals surface area (Å²) in [5.41, 5.74) is 2.03. The first-order valence-electron chi connectivity index (χ1n) is 14.2. The van der Waals surface area contributed by atoms with E-state index in [2.05, 4.69) is 9.71 Å². The van der Waals surface area contributed by atoms with Crippen LogP contribution < -0.4 is 9.46 Å². The van der Waals surface area contributed by atoms with E-state index in [9.17, 15) is 31.9 Å². The molecule has 46 heavy (non-hydrogen) atoms. The summed E-state index contributed by atoms with van der Waals surface area (Å²) in [6.07, 6.45) is 3.51. The molecule has 2 aromatic heterocycles. The van der Waals surface area contributed by atoms with Gasteiger partial charge in [0.05, 0.1) is 28.5 Å². The lowest BCUT2D eigenvalue weighted by atomic mass is 9.89. The molecule has 4 aromatic rings. The minimum atomic E-state index is -3.50. The Morgan fingerprint density at radius 2 is 1.72 bits per heavy atom. The average molecular weight is 693 g/mol. The first-order chi connectivity index (χ1) is 21.8. The van der Waals surface area contributed by atoms with E-state index >= 15 is 0 Å². The fourth-order valence-electron chi connectivity index (χ4n) is 5.73. The van der Waals surface area contributed by atoms with Crippen molar-refractivity contribution in [2.75, 3.05) is 25.1 Å². The number of nitrogens with zero attached hydrogens (tertiary/aromatic N) is 3. The average Bonchev–Trinajstić information content (AvgIpc) is 3.38. The molecule has 5 rings (SSSR count). The number of aromatic nitrogens is 1. The number of nitrogens with one attached hydrogen (secondary N) is 1. The minimum Gasteiger partial charge on any atom is -0.496 e. The highest BCUT2D eigenvalue weighted by Crippen LogP contribution is 2.41. The first kappa shape index (κ1) is 33.4. The lowest BCUT2D eigenvalue weighted by Gasteiger charge is -2.39. The van der Waals surface area contributed by atoms with Crippen molar-refractivity contribution in [3.63, 3.8) is 0 Å². The maximum atomic E-state index is 14.7. The Hall–Kier alpha value is -4.01. The third-order valence-electron chi connectivity index (χ3n) is 8.10. The van der Waals surface area contributed by atoms with Crippen LogP contribution in [0.3, 0.4) is 0 Å². The summed E-state index contributed by atoms with van der Waals surface area (Å²) in [5, 5.41) is 9.15. The van der Waals surface area contributed by atoms with E-state index in [-0.39, 0.29) is 44.4 Å². The number of ether oxygens (including phenoxy) is 1. The number of hydrogen-bond acceptors (Lipinski definition) is 7. The molecule has 10 nitrogen and oxygen atoms in total. The Morgan fingerprint density at radius 3 is 2.30 bits per heavy atom. The second-order valence-corrected chi connectivity index (χ2v) is 14.2. The van der Waals surface area contributed by atoms with Gasteiger partial charge in [0.25, 0.3) is 5.91 Å². The summed E-state index contributed by atoms with van der Waals surface area (Å²) in [5.74, 6) is -1.28. The highest BCUT2D eigenvalue weighted by Gasteiger charge is 2.35. The fourth-order valence-corrected chi connectivity index (χ4v) is 7.73. The van der Waals surface area contributed by atoms with Gasteiger partial charge in [-0.15, -0.1) is 11.3 Å². The number of pyridine rings is 1. The third-order valence-corrected chi connectivity index (χ3v) is 10.4. The Bertz CT molecular complexity index is 1900. The Kier molecular flexibility index (Phi) is 9.70. The zero-order valence-corrected chi connectivity index (χ0v) is 27.5. The predicted molar refractivity (Wildman–Crippen MR) is 173 cm³/mol. The molecule has 0 unspecified atom stereocenters. The van der Waals surface area contributed by atoms with Crippen molar-refractivity contribution in [3.05, 3.63) is 75.8 Å². The summed E-state index contributed by atoms with van der Waals surface area (Å²) in [6, 6.07) is 10.0. The van der Waals surface area contributed by atoms with Crippen LogP contribution in [0.15, 0.2) is 48.7 Å². The number of carbonyl (C=O) groups excluding carboxylic acids is 1. The van der Waals surface area contributed by atoms with Crippen LogP contribution in [0.1, 0.15) is 40.9 Å². The molecule has 244 valence electrons. The second kappa shape index (κ2) is 13.4. The van der Waals surface area contributed by atoms with Crippen molar-refractivity contribution in [1.82, 2.24) is 14.8 Å². The zero-order valence-electron chi connectivity index (χ0n) is 25.1. The van der Waals surface area contributed by atoms with Gasteiger partial charge in [-0.05, 0) is 67.6 Å². The number of halogens is 3. The number of carbonyl (C=O) groups is 2. The van der Waals surface area contributed by atoms with Gasteiger partial charge in [-0.1, -0.05) is 17.7 Å². The number of thiophene rings is 1. The number of carboxylic acid groups (broad SMARTS) is 1. The molecule has 0 bridgehead atoms. The molecule has 1 fully saturated rings. The molecule has 2 amide bonds. The van der Waals surface area contributed by atoms with Gasteiger partial charge >= 0.3 is 6.09 Å². The van der Waals surface area contributed by atoms with E-state index in [1.165, 1.54) is 31.3 Å². The van der Waals surface area contributed by atoms with Gasteiger partial charge in [0.1, 0.15) is 28.1 Å². The molecule has 2 N–H and O–H groups in total. The lowest BCUT2D eigenvalue weighted by Crippen LogP contribution is -2.46. The van der Waals surface area contributed by atoms with E-state index < -0.39 is 33.7 Å². The van der Waals surface area contributed by atoms with E-state index in [0.717, 1.165) is 35.3 Å². The largest absolute Gasteiger partial charge is 0.496 e. The van der Waals surface area contributed by atoms with Crippen LogP contribution in [0.5, 0.6) is 5.75 Å². The third kappa shape index (κ3) is 7.03. The van der Waals surface area contributed by atoms with Gasteiger partial charge in [0.15, 0.2) is 0 Å². The van der Waals surface area contributed by atoms with E-state index in [4.69, 9.17) is 16.3 Å². The Morgan fingerprint density at radius 1 is 1.07 bits per heavy atom. The number of amides is 2. The van der Waals surface area contributed by atoms with Crippen LogP contribution in [0.2, 0.25) is 5.02 Å². The van der Waals surface area contributed by atoms with Crippen molar-refractivity contribution in [2.24, 2.45) is 0 Å². The predicted octanol–water partition coefficient (Wildman–Crippen LogP) is 6.84. The molecule has 1 saturated carbocycles. The summed E-state index contributed by atoms with van der Waals surface area (Å²) in [7, 11) is -0.485. The highest BCUT2D eigenvalue weighted by atomic mass is 35.5. The number of methoxy groups -OCH3 is 1. The minimum absolute atomic E-state index is 0.00118. The maximum Gasteiger partial charge on any atom is 0.407 e. The van der Waals surface area contributed by atoms with Crippen molar-refractivity contribution >= 4 is 60.9 Å². The van der Waals surface area contributed by atoms with Crippen molar-refractivity contribution < 1.29 is 36.6 Å². The molecule has 1 aliphatic carbocycles. The van der Waals surface area contributed by atoms with Crippen LogP contribution in [0.4, 0.5) is 19.4 Å². The number of fused-ring (bicyclic) bond motifs is 1. The normalized spacial score (nSPS) is 16.7. The summed E-state index contributed by atoms with van der Waals surface area (Å²) in [4.78, 5) is 32.9. The molecule has 0 radical (unpaired) electrons. The van der Waals surface area contributed by atoms with Crippen molar-refractivity contribution in [1.29, 1.82) is 0 Å². The number of rotatable bonds is 9. The quantitative estimate of drug-likeness (QED) is 0.197. The SMILES string of the molecule is COc1ccc(-c2ccc(NS(C)(=O)=O)nc2)cc1CN(C(=O)c1sc2c(F)ccc(F)c2c1Cl)C1CCC(N(C)C(=O)O)CC1. The van der Waals surface area contributed by atoms with E-state index in [0.29, 0.717) is 42.6 Å². The van der Waals surface area contributed by atoms with Gasteiger partial charge in [-0.25, -0.2) is 27.0 Å². The molecule has 0 atom stereocenters. The standard InChI is InChI=1S/C31H31ClF2N4O6S2/c1-37(31(40)41)20-6-8-21(9-7-20)38(30(39)29-27(32)26-22(33)10-11-23(34)28(26)45-29)16-19-14-17(4-12-24(19)44-2)18-5-13-25(35-15-18)36-46(3,42)43/h4-5,10-15,20-21H,6-9,16H2,1-3H3,(H,35,36)(H,40,41). The van der Waals surface area contributed by atoms with Gasteiger partial charge < -0.3 is 19.6 Å². The molecule has 2 heterocycles. The molecule has 0 saturated heterocycles. The Balaban J connectivity index is 1.52. The monoisotopic (exact) mass is 692 g/mol. The van der Waals surface area contributed by atoms with Crippen LogP contribution in [-0.4, -0.2) is 72.8 Å². The van der Waals surface area contributed by atoms with Gasteiger partial charge in [0.2, 0.25) is 10.0 Å². The second-order valence-electron chi connectivity index (χ2n) is 11.1. The lowest BCUT2D eigenvalue weighted by molar-refractivity contribution is 0.0555. The number of sulfonamides is 1. The highest BCUT2D eigenvalue weighted by molar-refractivity contribution is 7.92. The smallest absolute Gasteiger partial charge is 0.407 e. The van der Waals surface area contributed by atoms with Crippen molar-refractivity contribution in [2.45, 2.75) is 44.3 Å². The summed E-state index contributed by atoms with van der Waals surface area (Å²) < 4.78 is 60.5. The topological polar surface area (TPSA) is 129 Å². The molecular formula is C31H31ClF2N4O6S2. The summed E-state index contributed by atoms with van der Waals surface area (Å²) >= 11 is 7.33. The van der Waals surface area contributed by atoms with E-state index in [1.807, 2.05) is 6.07 Å². The zero-order chi connectivity index (χ0) is 33.3. The van der Waals surface area contributed by atoms with Gasteiger partial charge in [0, 0.05) is 43.0 Å². The van der Waals surface area contributed by atoms with Crippen LogP contribution in [0.25, 0.3) is 21.2 Å². The number of hydrogen-bond donors (Lipinski definition) is 2. The molecular weight excluding hydrogens is 662 g/mol. The van der Waals surface area contributed by atoms with Gasteiger partial charge in [-0.3, -0.25) is 9.52 Å². The molecule has 2 aromatic carbocycles. The maximum absolute atomic E-state index is 14.7. The molecule has 1 aliphatic rings. The van der Waals surface area contributed by atoms with E-state index in [1.54, 1.807) is 23.1 Å². The first-order valence-corrected chi connectivity index (χ1v) is 17.3. The molecule has 0 spiro atoms.